The van der Waals surface area contributed by atoms with Crippen LogP contribution in [0.15, 0.2) is 12.2 Å². The molecule has 7 nitrogen and oxygen atoms in total. The van der Waals surface area contributed by atoms with E-state index in [4.69, 9.17) is 0 Å². The third-order valence-corrected chi connectivity index (χ3v) is 8.14. The Hall–Kier alpha value is -1.89. The molecule has 3 unspecified atom stereocenters. The van der Waals surface area contributed by atoms with Crippen LogP contribution >= 0.6 is 0 Å². The van der Waals surface area contributed by atoms with Gasteiger partial charge >= 0.3 is 17.9 Å². The molecule has 3 N–H and O–H groups in total. The number of aliphatic carboxylic acids is 3. The highest BCUT2D eigenvalue weighted by molar-refractivity contribution is 5.70. The predicted octanol–water partition coefficient (Wildman–Crippen LogP) is 8.17. The Balaban J connectivity index is 4.34. The molecule has 0 fully saturated rings. The van der Waals surface area contributed by atoms with Crippen LogP contribution in [0, 0.1) is 17.8 Å². The highest BCUT2D eigenvalue weighted by Gasteiger charge is 2.38. The van der Waals surface area contributed by atoms with Gasteiger partial charge in [-0.1, -0.05) is 89.7 Å². The van der Waals surface area contributed by atoms with E-state index in [-0.39, 0.29) is 24.1 Å². The molecule has 0 rings (SSSR count). The fourth-order valence-electron chi connectivity index (χ4n) is 5.70. The van der Waals surface area contributed by atoms with E-state index in [0.29, 0.717) is 6.54 Å². The van der Waals surface area contributed by atoms with Crippen LogP contribution in [0.5, 0.6) is 0 Å². The third-order valence-electron chi connectivity index (χ3n) is 8.14. The summed E-state index contributed by atoms with van der Waals surface area (Å²) in [5, 5.41) is 28.6. The standard InChI is InChI=1S/C33H61NO6/c1-5-6-7-8-9-10-11-12-13-14-15-16-17-18-19-20-21-22-23-24-34(25-28(2)31(35)36,26-29(3)32(37)38)27-30(4)33(39)40/h14-15,28-30H,5-13,16-27H2,1-4H3,(H2-,35,36,37,38,39,40)/p+1/b15-14+. The number of carboxylic acids is 3. The molecule has 0 aromatic rings. The van der Waals surface area contributed by atoms with Gasteiger partial charge in [-0.15, -0.1) is 0 Å². The van der Waals surface area contributed by atoms with E-state index >= 15 is 0 Å². The van der Waals surface area contributed by atoms with Crippen LogP contribution in [0.1, 0.15) is 137 Å². The van der Waals surface area contributed by atoms with Gasteiger partial charge in [0.1, 0.15) is 17.8 Å². The zero-order valence-electron chi connectivity index (χ0n) is 26.2. The van der Waals surface area contributed by atoms with Crippen LogP contribution in [-0.4, -0.2) is 63.9 Å². The van der Waals surface area contributed by atoms with Crippen LogP contribution in [0.2, 0.25) is 0 Å². The van der Waals surface area contributed by atoms with Crippen molar-refractivity contribution in [2.75, 3.05) is 26.2 Å². The van der Waals surface area contributed by atoms with Gasteiger partial charge < -0.3 is 19.8 Å². The largest absolute Gasteiger partial charge is 0.481 e. The Labute approximate surface area is 245 Å². The molecule has 0 aliphatic carbocycles. The molecule has 0 bridgehead atoms. The van der Waals surface area contributed by atoms with E-state index < -0.39 is 35.7 Å². The average Bonchev–Trinajstić information content (AvgIpc) is 2.89. The second-order valence-electron chi connectivity index (χ2n) is 12.3. The topological polar surface area (TPSA) is 112 Å². The summed E-state index contributed by atoms with van der Waals surface area (Å²) >= 11 is 0. The molecule has 0 heterocycles. The third kappa shape index (κ3) is 20.1. The first-order chi connectivity index (χ1) is 19.0. The molecule has 0 aliphatic rings. The number of nitrogens with zero attached hydrogens (tertiary/aromatic N) is 1. The van der Waals surface area contributed by atoms with Gasteiger partial charge in [-0.05, 0) is 59.3 Å². The lowest BCUT2D eigenvalue weighted by Crippen LogP contribution is -2.57. The van der Waals surface area contributed by atoms with Crippen LogP contribution in [0.4, 0.5) is 0 Å². The Morgan fingerprint density at radius 3 is 1.15 bits per heavy atom. The van der Waals surface area contributed by atoms with E-state index in [1.54, 1.807) is 20.8 Å². The maximum absolute atomic E-state index is 11.6. The van der Waals surface area contributed by atoms with Crippen molar-refractivity contribution in [1.82, 2.24) is 0 Å². The normalized spacial score (nSPS) is 15.5. The summed E-state index contributed by atoms with van der Waals surface area (Å²) < 4.78 is 0.222. The van der Waals surface area contributed by atoms with Crippen molar-refractivity contribution in [2.24, 2.45) is 17.8 Å². The maximum atomic E-state index is 11.6. The highest BCUT2D eigenvalue weighted by Crippen LogP contribution is 2.22. The van der Waals surface area contributed by atoms with Crippen molar-refractivity contribution >= 4 is 17.9 Å². The van der Waals surface area contributed by atoms with Gasteiger partial charge in [0.2, 0.25) is 0 Å². The molecular weight excluding hydrogens is 506 g/mol. The van der Waals surface area contributed by atoms with Crippen LogP contribution < -0.4 is 0 Å². The number of carboxylic acid groups (broad SMARTS) is 3. The van der Waals surface area contributed by atoms with Gasteiger partial charge in [0.25, 0.3) is 0 Å². The molecule has 0 radical (unpaired) electrons. The molecule has 0 saturated heterocycles. The number of carbonyl (C=O) groups is 3. The van der Waals surface area contributed by atoms with Gasteiger partial charge in [-0.3, -0.25) is 14.4 Å². The Morgan fingerprint density at radius 2 is 0.825 bits per heavy atom. The fourth-order valence-corrected chi connectivity index (χ4v) is 5.70. The maximum Gasteiger partial charge on any atom is 0.311 e. The van der Waals surface area contributed by atoms with E-state index in [9.17, 15) is 29.7 Å². The van der Waals surface area contributed by atoms with Crippen molar-refractivity contribution in [3.8, 4) is 0 Å². The van der Waals surface area contributed by atoms with Gasteiger partial charge in [-0.25, -0.2) is 0 Å². The van der Waals surface area contributed by atoms with Gasteiger partial charge in [0.05, 0.1) is 26.2 Å². The number of hydrogen-bond donors (Lipinski definition) is 3. The minimum Gasteiger partial charge on any atom is -0.481 e. The number of hydrogen-bond acceptors (Lipinski definition) is 3. The Morgan fingerprint density at radius 1 is 0.525 bits per heavy atom. The van der Waals surface area contributed by atoms with Crippen molar-refractivity contribution in [3.05, 3.63) is 12.2 Å². The molecule has 0 amide bonds. The lowest BCUT2D eigenvalue weighted by molar-refractivity contribution is -0.934. The first-order valence-electron chi connectivity index (χ1n) is 16.2. The summed E-state index contributed by atoms with van der Waals surface area (Å²) in [4.78, 5) is 34.9. The van der Waals surface area contributed by atoms with Crippen LogP contribution in [0.3, 0.4) is 0 Å². The molecule has 0 aliphatic heterocycles. The fraction of sp³-hybridized carbons (Fsp3) is 0.848. The van der Waals surface area contributed by atoms with Crippen molar-refractivity contribution < 1.29 is 34.2 Å². The Bertz CT molecular complexity index is 652. The number of rotatable bonds is 28. The van der Waals surface area contributed by atoms with Crippen molar-refractivity contribution in [2.45, 2.75) is 137 Å². The first kappa shape index (κ1) is 38.1. The summed E-state index contributed by atoms with van der Waals surface area (Å²) in [6.45, 7) is 8.48. The van der Waals surface area contributed by atoms with Crippen molar-refractivity contribution in [1.29, 1.82) is 0 Å². The van der Waals surface area contributed by atoms with Crippen LogP contribution in [-0.2, 0) is 14.4 Å². The van der Waals surface area contributed by atoms with E-state index in [2.05, 4.69) is 19.1 Å². The predicted molar refractivity (Wildman–Crippen MR) is 163 cm³/mol. The smallest absolute Gasteiger partial charge is 0.311 e. The molecule has 3 atom stereocenters. The molecule has 234 valence electrons. The van der Waals surface area contributed by atoms with Crippen molar-refractivity contribution in [3.63, 3.8) is 0 Å². The second-order valence-corrected chi connectivity index (χ2v) is 12.3. The highest BCUT2D eigenvalue weighted by atomic mass is 16.4. The van der Waals surface area contributed by atoms with Gasteiger partial charge in [0, 0.05) is 0 Å². The van der Waals surface area contributed by atoms with Crippen LogP contribution in [0.25, 0.3) is 0 Å². The first-order valence-corrected chi connectivity index (χ1v) is 16.2. The zero-order valence-corrected chi connectivity index (χ0v) is 26.2. The Kier molecular flexibility index (Phi) is 22.7. The summed E-state index contributed by atoms with van der Waals surface area (Å²) in [5.41, 5.74) is 0. The summed E-state index contributed by atoms with van der Waals surface area (Å²) in [7, 11) is 0. The minimum atomic E-state index is -0.934. The number of allylic oxidation sites excluding steroid dienone is 2. The molecular formula is C33H62NO6+. The quantitative estimate of drug-likeness (QED) is 0.0498. The summed E-state index contributed by atoms with van der Waals surface area (Å²) in [6, 6.07) is 0. The number of quaternary nitrogens is 1. The number of unbranched alkanes of at least 4 members (excludes halogenated alkanes) is 15. The molecule has 0 saturated carbocycles. The molecule has 0 aromatic heterocycles. The van der Waals surface area contributed by atoms with E-state index in [1.165, 1.54) is 77.0 Å². The monoisotopic (exact) mass is 568 g/mol. The average molecular weight is 569 g/mol. The van der Waals surface area contributed by atoms with E-state index in [1.807, 2.05) is 0 Å². The molecule has 0 aromatic carbocycles. The minimum absolute atomic E-state index is 0.222. The molecule has 40 heavy (non-hydrogen) atoms. The molecule has 7 heteroatoms. The SMILES string of the molecule is CCCCCCCCCC/C=C/CCCCCCCCC[N+](CC(C)C(=O)O)(CC(C)C(=O)O)CC(C)C(=O)O. The lowest BCUT2D eigenvalue weighted by Gasteiger charge is -2.42. The molecule has 0 spiro atoms. The van der Waals surface area contributed by atoms with Gasteiger partial charge in [-0.2, -0.15) is 0 Å². The summed E-state index contributed by atoms with van der Waals surface area (Å²) in [5.74, 6) is -4.81. The van der Waals surface area contributed by atoms with Gasteiger partial charge in [0.15, 0.2) is 0 Å². The zero-order chi connectivity index (χ0) is 30.2. The second kappa shape index (κ2) is 23.8. The summed E-state index contributed by atoms with van der Waals surface area (Å²) in [6.07, 6.45) is 25.7. The lowest BCUT2D eigenvalue weighted by atomic mass is 10.0. The van der Waals surface area contributed by atoms with E-state index in [0.717, 1.165) is 32.1 Å².